The summed E-state index contributed by atoms with van der Waals surface area (Å²) in [5.41, 5.74) is 1.82. The zero-order chi connectivity index (χ0) is 24.6. The average Bonchev–Trinajstić information content (AvgIpc) is 3.33. The number of sulfone groups is 1. The fourth-order valence-electron chi connectivity index (χ4n) is 3.76. The third kappa shape index (κ3) is 6.88. The third-order valence-corrected chi connectivity index (χ3v) is 8.81. The Morgan fingerprint density at radius 1 is 1.09 bits per heavy atom. The van der Waals surface area contributed by atoms with Crippen molar-refractivity contribution in [1.82, 2.24) is 0 Å². The second-order valence-corrected chi connectivity index (χ2v) is 11.9. The minimum absolute atomic E-state index is 0.0520. The van der Waals surface area contributed by atoms with Crippen molar-refractivity contribution >= 4 is 44.0 Å². The zero-order valence-electron chi connectivity index (χ0n) is 19.4. The maximum Gasteiger partial charge on any atom is 0.220 e. The Morgan fingerprint density at radius 3 is 2.35 bits per heavy atom. The van der Waals surface area contributed by atoms with Crippen LogP contribution in [0, 0.1) is 6.92 Å². The van der Waals surface area contributed by atoms with Crippen molar-refractivity contribution in [2.24, 2.45) is 0 Å². The smallest absolute Gasteiger partial charge is 0.220 e. The maximum absolute atomic E-state index is 12.7. The standard InChI is InChI=1S/C25H30O6S3/c1-3-29-24(32)33-23(25(30-16-17-31-25)20-7-5-4-6-8-20)14-11-21(26)15-18-34(27,28)22-12-9-19(2)10-13-22/h4-10,12-13,23H,3,11,14-18H2,1-2H3. The number of hydrogen-bond acceptors (Lipinski definition) is 8. The number of aryl methyl sites for hydroxylation is 1. The number of thiocarbonyl (C=S) groups is 1. The van der Waals surface area contributed by atoms with Gasteiger partial charge in [0.25, 0.3) is 0 Å². The van der Waals surface area contributed by atoms with Gasteiger partial charge in [-0.25, -0.2) is 8.42 Å². The lowest BCUT2D eigenvalue weighted by molar-refractivity contribution is -0.166. The minimum Gasteiger partial charge on any atom is -0.479 e. The molecule has 0 bridgehead atoms. The van der Waals surface area contributed by atoms with E-state index in [1.165, 1.54) is 11.8 Å². The second-order valence-electron chi connectivity index (χ2n) is 7.98. The van der Waals surface area contributed by atoms with E-state index in [-0.39, 0.29) is 34.5 Å². The van der Waals surface area contributed by atoms with Gasteiger partial charge in [-0.05, 0) is 44.6 Å². The van der Waals surface area contributed by atoms with E-state index in [1.54, 1.807) is 24.3 Å². The van der Waals surface area contributed by atoms with Crippen LogP contribution in [0.1, 0.15) is 37.3 Å². The first-order valence-corrected chi connectivity index (χ1v) is 14.2. The Kier molecular flexibility index (Phi) is 9.67. The summed E-state index contributed by atoms with van der Waals surface area (Å²) in [6, 6.07) is 16.3. The van der Waals surface area contributed by atoms with Gasteiger partial charge < -0.3 is 14.2 Å². The molecule has 0 aromatic heterocycles. The van der Waals surface area contributed by atoms with Crippen molar-refractivity contribution in [3.8, 4) is 0 Å². The number of Topliss-reactive ketones (excluding diaryl/α,β-unsaturated/α-hetero) is 1. The molecule has 0 aliphatic carbocycles. The van der Waals surface area contributed by atoms with Crippen LogP contribution in [-0.4, -0.2) is 49.4 Å². The number of ketones is 1. The molecule has 184 valence electrons. The van der Waals surface area contributed by atoms with E-state index in [2.05, 4.69) is 0 Å². The van der Waals surface area contributed by atoms with Crippen LogP contribution in [0.4, 0.5) is 0 Å². The minimum atomic E-state index is -3.52. The van der Waals surface area contributed by atoms with E-state index in [0.29, 0.717) is 30.6 Å². The highest BCUT2D eigenvalue weighted by atomic mass is 32.2. The molecule has 2 aromatic carbocycles. The van der Waals surface area contributed by atoms with Gasteiger partial charge in [0.1, 0.15) is 5.78 Å². The van der Waals surface area contributed by atoms with Crippen molar-refractivity contribution in [1.29, 1.82) is 0 Å². The molecule has 0 radical (unpaired) electrons. The summed E-state index contributed by atoms with van der Waals surface area (Å²) in [5, 5.41) is -0.339. The molecule has 1 heterocycles. The Balaban J connectivity index is 1.69. The molecule has 0 N–H and O–H groups in total. The van der Waals surface area contributed by atoms with Crippen molar-refractivity contribution in [3.05, 3.63) is 65.7 Å². The summed E-state index contributed by atoms with van der Waals surface area (Å²) >= 11 is 6.69. The van der Waals surface area contributed by atoms with Gasteiger partial charge in [-0.3, -0.25) is 4.79 Å². The Labute approximate surface area is 211 Å². The molecule has 0 saturated carbocycles. The highest BCUT2D eigenvalue weighted by Crippen LogP contribution is 2.43. The topological polar surface area (TPSA) is 78.9 Å². The average molecular weight is 523 g/mol. The SMILES string of the molecule is CCOC(=S)SC(CCC(=O)CCS(=O)(=O)c1ccc(C)cc1)C1(c2ccccc2)OCCO1. The first-order valence-electron chi connectivity index (χ1n) is 11.2. The quantitative estimate of drug-likeness (QED) is 0.388. The monoisotopic (exact) mass is 522 g/mol. The van der Waals surface area contributed by atoms with Gasteiger partial charge in [-0.1, -0.05) is 59.8 Å². The molecule has 0 amide bonds. The van der Waals surface area contributed by atoms with Gasteiger partial charge in [-0.15, -0.1) is 0 Å². The number of hydrogen-bond donors (Lipinski definition) is 0. The predicted octanol–water partition coefficient (Wildman–Crippen LogP) is 4.83. The van der Waals surface area contributed by atoms with Crippen LogP contribution in [0.15, 0.2) is 59.5 Å². The van der Waals surface area contributed by atoms with E-state index in [0.717, 1.165) is 11.1 Å². The molecule has 0 spiro atoms. The van der Waals surface area contributed by atoms with Crippen LogP contribution >= 0.6 is 24.0 Å². The molecule has 9 heteroatoms. The predicted molar refractivity (Wildman–Crippen MR) is 138 cm³/mol. The molecule has 2 aromatic rings. The Morgan fingerprint density at radius 2 is 1.74 bits per heavy atom. The van der Waals surface area contributed by atoms with E-state index in [1.807, 2.05) is 44.2 Å². The van der Waals surface area contributed by atoms with Gasteiger partial charge in [0, 0.05) is 18.4 Å². The van der Waals surface area contributed by atoms with Crippen molar-refractivity contribution in [2.75, 3.05) is 25.6 Å². The van der Waals surface area contributed by atoms with Crippen LogP contribution in [0.25, 0.3) is 0 Å². The summed E-state index contributed by atoms with van der Waals surface area (Å²) in [6.45, 7) is 5.04. The van der Waals surface area contributed by atoms with Gasteiger partial charge >= 0.3 is 0 Å². The largest absolute Gasteiger partial charge is 0.479 e. The zero-order valence-corrected chi connectivity index (χ0v) is 21.8. The highest BCUT2D eigenvalue weighted by Gasteiger charge is 2.47. The first kappa shape index (κ1) is 26.8. The maximum atomic E-state index is 12.7. The van der Waals surface area contributed by atoms with Crippen molar-refractivity contribution in [2.45, 2.75) is 49.0 Å². The van der Waals surface area contributed by atoms with Crippen LogP contribution in [0.5, 0.6) is 0 Å². The molecule has 1 unspecified atom stereocenters. The van der Waals surface area contributed by atoms with Gasteiger partial charge in [0.2, 0.25) is 10.2 Å². The highest BCUT2D eigenvalue weighted by molar-refractivity contribution is 8.23. The van der Waals surface area contributed by atoms with Gasteiger partial charge in [-0.2, -0.15) is 0 Å². The number of rotatable bonds is 11. The van der Waals surface area contributed by atoms with E-state index < -0.39 is 15.6 Å². The summed E-state index contributed by atoms with van der Waals surface area (Å²) in [5.74, 6) is -1.41. The van der Waals surface area contributed by atoms with Gasteiger partial charge in [0.15, 0.2) is 9.84 Å². The molecule has 6 nitrogen and oxygen atoms in total. The molecule has 1 aliphatic heterocycles. The van der Waals surface area contributed by atoms with Crippen LogP contribution in [0.3, 0.4) is 0 Å². The molecule has 1 saturated heterocycles. The Hall–Kier alpha value is -1.78. The van der Waals surface area contributed by atoms with Crippen molar-refractivity contribution < 1.29 is 27.4 Å². The van der Waals surface area contributed by atoms with E-state index >= 15 is 0 Å². The summed E-state index contributed by atoms with van der Waals surface area (Å²) in [4.78, 5) is 13.0. The van der Waals surface area contributed by atoms with Gasteiger partial charge in [0.05, 0.1) is 35.7 Å². The molecular weight excluding hydrogens is 492 g/mol. The molecule has 1 atom stereocenters. The van der Waals surface area contributed by atoms with Crippen LogP contribution < -0.4 is 0 Å². The number of carbonyl (C=O) groups excluding carboxylic acids is 1. The lowest BCUT2D eigenvalue weighted by atomic mass is 9.97. The van der Waals surface area contributed by atoms with E-state index in [4.69, 9.17) is 26.4 Å². The molecule has 1 fully saturated rings. The molecule has 3 rings (SSSR count). The fraction of sp³-hybridized carbons (Fsp3) is 0.440. The number of ether oxygens (including phenoxy) is 3. The van der Waals surface area contributed by atoms with E-state index in [9.17, 15) is 13.2 Å². The normalized spacial score (nSPS) is 16.2. The molecule has 1 aliphatic rings. The van der Waals surface area contributed by atoms with Crippen LogP contribution in [-0.2, 0) is 34.6 Å². The third-order valence-electron chi connectivity index (χ3n) is 5.53. The number of benzene rings is 2. The Bertz CT molecular complexity index is 1060. The first-order chi connectivity index (χ1) is 16.3. The summed E-state index contributed by atoms with van der Waals surface area (Å²) in [6.07, 6.45) is 0.525. The molecular formula is C25H30O6S3. The fourth-order valence-corrected chi connectivity index (χ4v) is 6.59. The summed E-state index contributed by atoms with van der Waals surface area (Å²) < 4.78 is 43.3. The molecule has 34 heavy (non-hydrogen) atoms. The second kappa shape index (κ2) is 12.3. The lowest BCUT2D eigenvalue weighted by Gasteiger charge is -2.35. The number of thioether (sulfide) groups is 1. The number of carbonyl (C=O) groups is 1. The van der Waals surface area contributed by atoms with Crippen LogP contribution in [0.2, 0.25) is 0 Å². The summed E-state index contributed by atoms with van der Waals surface area (Å²) in [7, 11) is -3.52. The lowest BCUT2D eigenvalue weighted by Crippen LogP contribution is -2.40. The van der Waals surface area contributed by atoms with Crippen molar-refractivity contribution in [3.63, 3.8) is 0 Å².